The molecule has 1 unspecified atom stereocenters. The number of hydrogen-bond donors (Lipinski definition) is 2. The Kier molecular flexibility index (Phi) is 5.88. The van der Waals surface area contributed by atoms with E-state index in [-0.39, 0.29) is 10.6 Å². The predicted octanol–water partition coefficient (Wildman–Crippen LogP) is 4.87. The van der Waals surface area contributed by atoms with Crippen LogP contribution in [0, 0.1) is 0 Å². The van der Waals surface area contributed by atoms with Crippen LogP contribution < -0.4 is 10.1 Å². The van der Waals surface area contributed by atoms with Gasteiger partial charge in [0.2, 0.25) is 0 Å². The third-order valence-corrected chi connectivity index (χ3v) is 4.83. The molecule has 3 rings (SSSR count). The van der Waals surface area contributed by atoms with Crippen LogP contribution in [0.3, 0.4) is 0 Å². The Bertz CT molecular complexity index is 1000. The molecule has 0 aliphatic carbocycles. The van der Waals surface area contributed by atoms with Crippen molar-refractivity contribution in [3.63, 3.8) is 0 Å². The van der Waals surface area contributed by atoms with E-state index in [1.807, 2.05) is 0 Å². The van der Waals surface area contributed by atoms with E-state index in [1.54, 1.807) is 41.8 Å². The van der Waals surface area contributed by atoms with Crippen molar-refractivity contribution in [3.8, 4) is 16.9 Å². The number of aliphatic carboxylic acids is 1. The molecule has 5 nitrogen and oxygen atoms in total. The standard InChI is InChI=1S/C20H14F3NO4S/c21-20(22,23)28-15-8-6-12(7-9-15)14-10-16(29-11-14)18(25)24-17(19(26)27)13-4-2-1-3-5-13/h1-11,17H,(H,24,25)(H,26,27). The smallest absolute Gasteiger partial charge is 0.479 e. The Morgan fingerprint density at radius 1 is 1.00 bits per heavy atom. The molecule has 0 aliphatic heterocycles. The van der Waals surface area contributed by atoms with Crippen molar-refractivity contribution in [2.45, 2.75) is 12.4 Å². The minimum Gasteiger partial charge on any atom is -0.479 e. The monoisotopic (exact) mass is 421 g/mol. The van der Waals surface area contributed by atoms with E-state index >= 15 is 0 Å². The van der Waals surface area contributed by atoms with Gasteiger partial charge in [0, 0.05) is 0 Å². The first-order valence-corrected chi connectivity index (χ1v) is 9.14. The zero-order valence-electron chi connectivity index (χ0n) is 14.6. The molecule has 0 saturated heterocycles. The van der Waals surface area contributed by atoms with Crippen molar-refractivity contribution >= 4 is 23.2 Å². The van der Waals surface area contributed by atoms with Gasteiger partial charge in [0.15, 0.2) is 6.04 Å². The average Bonchev–Trinajstić information content (AvgIpc) is 3.16. The largest absolute Gasteiger partial charge is 0.573 e. The van der Waals surface area contributed by atoms with Crippen molar-refractivity contribution in [2.75, 3.05) is 0 Å². The van der Waals surface area contributed by atoms with Crippen LogP contribution in [0.1, 0.15) is 21.3 Å². The topological polar surface area (TPSA) is 75.6 Å². The number of benzene rings is 2. The number of hydrogen-bond acceptors (Lipinski definition) is 4. The van der Waals surface area contributed by atoms with Crippen molar-refractivity contribution in [2.24, 2.45) is 0 Å². The highest BCUT2D eigenvalue weighted by atomic mass is 32.1. The lowest BCUT2D eigenvalue weighted by Crippen LogP contribution is -2.33. The van der Waals surface area contributed by atoms with Gasteiger partial charge in [0.1, 0.15) is 5.75 Å². The van der Waals surface area contributed by atoms with E-state index in [9.17, 15) is 27.9 Å². The average molecular weight is 421 g/mol. The predicted molar refractivity (Wildman–Crippen MR) is 101 cm³/mol. The van der Waals surface area contributed by atoms with Gasteiger partial charge in [-0.2, -0.15) is 0 Å². The molecule has 1 aromatic heterocycles. The number of thiophene rings is 1. The zero-order valence-corrected chi connectivity index (χ0v) is 15.5. The third-order valence-electron chi connectivity index (χ3n) is 3.90. The summed E-state index contributed by atoms with van der Waals surface area (Å²) in [6, 6.07) is 13.9. The fraction of sp³-hybridized carbons (Fsp3) is 0.100. The molecule has 1 amide bonds. The van der Waals surface area contributed by atoms with Gasteiger partial charge < -0.3 is 15.2 Å². The molecule has 0 saturated carbocycles. The normalized spacial score (nSPS) is 12.2. The Labute approximate surface area is 167 Å². The molecule has 1 heterocycles. The van der Waals surface area contributed by atoms with Crippen LogP contribution in [0.4, 0.5) is 13.2 Å². The number of nitrogens with one attached hydrogen (secondary N) is 1. The maximum Gasteiger partial charge on any atom is 0.573 e. The van der Waals surface area contributed by atoms with Gasteiger partial charge in [-0.1, -0.05) is 42.5 Å². The van der Waals surface area contributed by atoms with Gasteiger partial charge >= 0.3 is 12.3 Å². The van der Waals surface area contributed by atoms with Crippen molar-refractivity contribution in [1.82, 2.24) is 5.32 Å². The van der Waals surface area contributed by atoms with Crippen LogP contribution >= 0.6 is 11.3 Å². The SMILES string of the molecule is O=C(NC(C(=O)O)c1ccccc1)c1cc(-c2ccc(OC(F)(F)F)cc2)cs1. The highest BCUT2D eigenvalue weighted by molar-refractivity contribution is 7.12. The van der Waals surface area contributed by atoms with Crippen LogP contribution in [0.5, 0.6) is 5.75 Å². The van der Waals surface area contributed by atoms with E-state index in [4.69, 9.17) is 0 Å². The molecular weight excluding hydrogens is 407 g/mol. The van der Waals surface area contributed by atoms with Gasteiger partial charge in [-0.3, -0.25) is 4.79 Å². The number of alkyl halides is 3. The van der Waals surface area contributed by atoms with Crippen LogP contribution in [0.25, 0.3) is 11.1 Å². The van der Waals surface area contributed by atoms with Crippen molar-refractivity contribution < 1.29 is 32.6 Å². The Balaban J connectivity index is 1.73. The fourth-order valence-corrected chi connectivity index (χ4v) is 3.41. The molecule has 2 aromatic carbocycles. The quantitative estimate of drug-likeness (QED) is 0.596. The molecule has 150 valence electrons. The molecule has 0 bridgehead atoms. The molecular formula is C20H14F3NO4S. The molecule has 0 spiro atoms. The summed E-state index contributed by atoms with van der Waals surface area (Å²) in [6.45, 7) is 0. The molecule has 2 N–H and O–H groups in total. The lowest BCUT2D eigenvalue weighted by Gasteiger charge is -2.14. The highest BCUT2D eigenvalue weighted by Crippen LogP contribution is 2.29. The van der Waals surface area contributed by atoms with E-state index in [1.165, 1.54) is 24.3 Å². The van der Waals surface area contributed by atoms with Crippen LogP contribution in [0.15, 0.2) is 66.0 Å². The number of carboxylic acid groups (broad SMARTS) is 1. The van der Waals surface area contributed by atoms with Crippen LogP contribution in [0.2, 0.25) is 0 Å². The van der Waals surface area contributed by atoms with Crippen LogP contribution in [-0.4, -0.2) is 23.3 Å². The number of ether oxygens (including phenoxy) is 1. The molecule has 0 fully saturated rings. The second kappa shape index (κ2) is 8.36. The summed E-state index contributed by atoms with van der Waals surface area (Å²) in [5.74, 6) is -2.10. The lowest BCUT2D eigenvalue weighted by molar-refractivity contribution is -0.274. The first-order valence-electron chi connectivity index (χ1n) is 8.26. The maximum absolute atomic E-state index is 12.5. The summed E-state index contributed by atoms with van der Waals surface area (Å²) in [4.78, 5) is 24.3. The maximum atomic E-state index is 12.5. The number of carbonyl (C=O) groups excluding carboxylic acids is 1. The highest BCUT2D eigenvalue weighted by Gasteiger charge is 2.31. The number of carboxylic acids is 1. The Morgan fingerprint density at radius 2 is 1.66 bits per heavy atom. The van der Waals surface area contributed by atoms with Crippen molar-refractivity contribution in [3.05, 3.63) is 76.5 Å². The zero-order chi connectivity index (χ0) is 21.0. The summed E-state index contributed by atoms with van der Waals surface area (Å²) in [6.07, 6.45) is -4.77. The second-order valence-electron chi connectivity index (χ2n) is 5.93. The summed E-state index contributed by atoms with van der Waals surface area (Å²) in [5.41, 5.74) is 1.64. The molecule has 9 heteroatoms. The second-order valence-corrected chi connectivity index (χ2v) is 6.84. The van der Waals surface area contributed by atoms with E-state index < -0.39 is 24.3 Å². The van der Waals surface area contributed by atoms with Gasteiger partial charge in [-0.15, -0.1) is 24.5 Å². The minimum absolute atomic E-state index is 0.276. The molecule has 29 heavy (non-hydrogen) atoms. The number of amides is 1. The Hall–Kier alpha value is -3.33. The van der Waals surface area contributed by atoms with Crippen LogP contribution in [-0.2, 0) is 4.79 Å². The molecule has 0 aliphatic rings. The van der Waals surface area contributed by atoms with Crippen molar-refractivity contribution in [1.29, 1.82) is 0 Å². The van der Waals surface area contributed by atoms with E-state index in [0.717, 1.165) is 11.3 Å². The first kappa shape index (κ1) is 20.4. The van der Waals surface area contributed by atoms with Gasteiger partial charge in [0.05, 0.1) is 4.88 Å². The van der Waals surface area contributed by atoms with E-state index in [0.29, 0.717) is 16.7 Å². The molecule has 1 atom stereocenters. The van der Waals surface area contributed by atoms with E-state index in [2.05, 4.69) is 10.1 Å². The van der Waals surface area contributed by atoms with Gasteiger partial charge in [-0.05, 0) is 40.3 Å². The minimum atomic E-state index is -4.77. The summed E-state index contributed by atoms with van der Waals surface area (Å²) >= 11 is 1.10. The number of rotatable bonds is 6. The van der Waals surface area contributed by atoms with Gasteiger partial charge in [-0.25, -0.2) is 4.79 Å². The summed E-state index contributed by atoms with van der Waals surface area (Å²) < 4.78 is 40.5. The summed E-state index contributed by atoms with van der Waals surface area (Å²) in [5, 5.41) is 13.5. The third kappa shape index (κ3) is 5.35. The van der Waals surface area contributed by atoms with Gasteiger partial charge in [0.25, 0.3) is 5.91 Å². The Morgan fingerprint density at radius 3 is 2.24 bits per heavy atom. The number of carbonyl (C=O) groups is 2. The first-order chi connectivity index (χ1) is 13.7. The molecule has 3 aromatic rings. The summed E-state index contributed by atoms with van der Waals surface area (Å²) in [7, 11) is 0. The lowest BCUT2D eigenvalue weighted by atomic mass is 10.1. The molecule has 0 radical (unpaired) electrons. The number of halogens is 3. The fourth-order valence-electron chi connectivity index (χ4n) is 2.59.